The second kappa shape index (κ2) is 4.72. The molecule has 0 aromatic heterocycles. The van der Waals surface area contributed by atoms with Crippen molar-refractivity contribution in [1.29, 1.82) is 0 Å². The molecular weight excluding hydrogens is 276 g/mol. The zero-order valence-corrected chi connectivity index (χ0v) is 11.9. The van der Waals surface area contributed by atoms with E-state index in [2.05, 4.69) is 6.58 Å². The van der Waals surface area contributed by atoms with Gasteiger partial charge in [-0.05, 0) is 19.3 Å². The molecule has 3 rings (SSSR count). The third kappa shape index (κ3) is 2.05. The van der Waals surface area contributed by atoms with Gasteiger partial charge in [0.05, 0.1) is 5.92 Å². The number of carbonyl (C=O) groups excluding carboxylic acids is 3. The van der Waals surface area contributed by atoms with Gasteiger partial charge in [-0.25, -0.2) is 9.59 Å². The lowest BCUT2D eigenvalue weighted by molar-refractivity contribution is -0.154. The summed E-state index contributed by atoms with van der Waals surface area (Å²) in [6, 6.07) is 0. The van der Waals surface area contributed by atoms with Gasteiger partial charge in [0.2, 0.25) is 0 Å². The Balaban J connectivity index is 1.66. The molecule has 6 heteroatoms. The van der Waals surface area contributed by atoms with Crippen LogP contribution in [0.25, 0.3) is 0 Å². The van der Waals surface area contributed by atoms with Crippen LogP contribution in [-0.2, 0) is 28.6 Å². The molecule has 3 aliphatic rings. The summed E-state index contributed by atoms with van der Waals surface area (Å²) in [5.74, 6) is -0.417. The SMILES string of the molecule is C=C(C)C(=O)OCC(=O)OC1=C2OC(=O)C3CC1[C@@H](C)C23. The lowest BCUT2D eigenvalue weighted by Gasteiger charge is -2.15. The summed E-state index contributed by atoms with van der Waals surface area (Å²) in [6.45, 7) is 6.46. The van der Waals surface area contributed by atoms with Crippen LogP contribution in [0.2, 0.25) is 0 Å². The molecule has 1 heterocycles. The topological polar surface area (TPSA) is 78.9 Å². The predicted octanol–water partition coefficient (Wildman–Crippen LogP) is 1.32. The first-order valence-corrected chi connectivity index (χ1v) is 6.89. The highest BCUT2D eigenvalue weighted by atomic mass is 16.6. The van der Waals surface area contributed by atoms with Crippen LogP contribution in [0.4, 0.5) is 0 Å². The molecule has 1 saturated carbocycles. The number of esters is 3. The number of carbonyl (C=O) groups is 3. The van der Waals surface area contributed by atoms with Gasteiger partial charge in [0, 0.05) is 17.4 Å². The maximum atomic E-state index is 11.8. The van der Waals surface area contributed by atoms with E-state index in [0.717, 1.165) is 0 Å². The van der Waals surface area contributed by atoms with Gasteiger partial charge < -0.3 is 14.2 Å². The second-order valence-electron chi connectivity index (χ2n) is 5.81. The molecule has 6 nitrogen and oxygen atoms in total. The van der Waals surface area contributed by atoms with Crippen LogP contribution in [0.1, 0.15) is 20.3 Å². The molecule has 21 heavy (non-hydrogen) atoms. The average molecular weight is 292 g/mol. The van der Waals surface area contributed by atoms with Crippen LogP contribution >= 0.6 is 0 Å². The molecule has 3 unspecified atom stereocenters. The van der Waals surface area contributed by atoms with Gasteiger partial charge in [0.1, 0.15) is 5.76 Å². The zero-order chi connectivity index (χ0) is 15.3. The van der Waals surface area contributed by atoms with E-state index < -0.39 is 18.5 Å². The fourth-order valence-electron chi connectivity index (χ4n) is 3.44. The van der Waals surface area contributed by atoms with E-state index in [1.807, 2.05) is 6.92 Å². The number of ether oxygens (including phenoxy) is 3. The van der Waals surface area contributed by atoms with Crippen LogP contribution < -0.4 is 0 Å². The quantitative estimate of drug-likeness (QED) is 0.442. The van der Waals surface area contributed by atoms with Gasteiger partial charge >= 0.3 is 17.9 Å². The van der Waals surface area contributed by atoms with Gasteiger partial charge in [-0.15, -0.1) is 0 Å². The Morgan fingerprint density at radius 3 is 2.76 bits per heavy atom. The van der Waals surface area contributed by atoms with E-state index in [1.165, 1.54) is 6.92 Å². The number of hydrogen-bond acceptors (Lipinski definition) is 6. The van der Waals surface area contributed by atoms with E-state index in [0.29, 0.717) is 17.9 Å². The molecule has 0 radical (unpaired) electrons. The van der Waals surface area contributed by atoms with Gasteiger partial charge in [-0.1, -0.05) is 13.5 Å². The molecule has 0 aromatic rings. The summed E-state index contributed by atoms with van der Waals surface area (Å²) >= 11 is 0. The molecule has 0 amide bonds. The molecule has 2 bridgehead atoms. The lowest BCUT2D eigenvalue weighted by Crippen LogP contribution is -2.19. The molecule has 1 aliphatic heterocycles. The van der Waals surface area contributed by atoms with E-state index in [9.17, 15) is 14.4 Å². The normalized spacial score (nSPS) is 32.2. The number of hydrogen-bond donors (Lipinski definition) is 0. The fourth-order valence-corrected chi connectivity index (χ4v) is 3.44. The Morgan fingerprint density at radius 1 is 1.38 bits per heavy atom. The van der Waals surface area contributed by atoms with Crippen molar-refractivity contribution in [3.05, 3.63) is 23.7 Å². The molecular formula is C15H16O6. The monoisotopic (exact) mass is 292 g/mol. The van der Waals surface area contributed by atoms with Crippen molar-refractivity contribution in [2.75, 3.05) is 6.61 Å². The highest BCUT2D eigenvalue weighted by Crippen LogP contribution is 2.60. The highest BCUT2D eigenvalue weighted by Gasteiger charge is 2.61. The Bertz CT molecular complexity index is 587. The third-order valence-corrected chi connectivity index (χ3v) is 4.43. The molecule has 4 atom stereocenters. The summed E-state index contributed by atoms with van der Waals surface area (Å²) in [4.78, 5) is 34.7. The van der Waals surface area contributed by atoms with Crippen molar-refractivity contribution >= 4 is 17.9 Å². The molecule has 2 aliphatic carbocycles. The Hall–Kier alpha value is -2.11. The van der Waals surface area contributed by atoms with Crippen LogP contribution in [0.5, 0.6) is 0 Å². The summed E-state index contributed by atoms with van der Waals surface area (Å²) in [5.41, 5.74) is 0.214. The van der Waals surface area contributed by atoms with Gasteiger partial charge in [-0.2, -0.15) is 0 Å². The van der Waals surface area contributed by atoms with Crippen molar-refractivity contribution < 1.29 is 28.6 Å². The number of rotatable bonds is 4. The Kier molecular flexibility index (Phi) is 3.11. The van der Waals surface area contributed by atoms with Crippen LogP contribution in [0, 0.1) is 23.7 Å². The van der Waals surface area contributed by atoms with Crippen LogP contribution in [0.15, 0.2) is 23.7 Å². The van der Waals surface area contributed by atoms with Crippen LogP contribution in [-0.4, -0.2) is 24.5 Å². The predicted molar refractivity (Wildman–Crippen MR) is 69.2 cm³/mol. The van der Waals surface area contributed by atoms with Crippen molar-refractivity contribution in [1.82, 2.24) is 0 Å². The maximum absolute atomic E-state index is 11.8. The number of fused-ring (bicyclic) bond motifs is 1. The largest absolute Gasteiger partial charge is 0.450 e. The maximum Gasteiger partial charge on any atom is 0.349 e. The zero-order valence-electron chi connectivity index (χ0n) is 11.9. The lowest BCUT2D eigenvalue weighted by atomic mass is 9.93. The first-order chi connectivity index (χ1) is 9.90. The summed E-state index contributed by atoms with van der Waals surface area (Å²) in [6.07, 6.45) is 0.655. The molecule has 0 N–H and O–H groups in total. The summed E-state index contributed by atoms with van der Waals surface area (Å²) in [5, 5.41) is 0. The number of allylic oxidation sites excluding steroid dienone is 2. The average Bonchev–Trinajstić information content (AvgIpc) is 2.97. The minimum absolute atomic E-state index is 0.0299. The first-order valence-electron chi connectivity index (χ1n) is 6.89. The first kappa shape index (κ1) is 13.9. The van der Waals surface area contributed by atoms with Crippen molar-refractivity contribution in [2.24, 2.45) is 23.7 Å². The molecule has 0 spiro atoms. The summed E-state index contributed by atoms with van der Waals surface area (Å²) in [7, 11) is 0. The highest BCUT2D eigenvalue weighted by molar-refractivity contribution is 5.88. The van der Waals surface area contributed by atoms with Crippen molar-refractivity contribution in [3.63, 3.8) is 0 Å². The van der Waals surface area contributed by atoms with E-state index >= 15 is 0 Å². The molecule has 1 saturated heterocycles. The Labute approximate surface area is 121 Å². The minimum atomic E-state index is -0.675. The smallest absolute Gasteiger partial charge is 0.349 e. The fraction of sp³-hybridized carbons (Fsp3) is 0.533. The second-order valence-corrected chi connectivity index (χ2v) is 5.81. The van der Waals surface area contributed by atoms with Crippen molar-refractivity contribution in [3.8, 4) is 0 Å². The van der Waals surface area contributed by atoms with Crippen LogP contribution in [0.3, 0.4) is 0 Å². The molecule has 112 valence electrons. The van der Waals surface area contributed by atoms with Gasteiger partial charge in [0.15, 0.2) is 12.4 Å². The van der Waals surface area contributed by atoms with Gasteiger partial charge in [-0.3, -0.25) is 4.79 Å². The van der Waals surface area contributed by atoms with Gasteiger partial charge in [0.25, 0.3) is 0 Å². The van der Waals surface area contributed by atoms with E-state index in [1.54, 1.807) is 0 Å². The van der Waals surface area contributed by atoms with Crippen molar-refractivity contribution in [2.45, 2.75) is 20.3 Å². The molecule has 0 aromatic carbocycles. The standard InChI is InChI=1S/C15H16O6/c1-6(2)14(17)19-5-10(16)20-12-8-4-9-11(7(8)3)13(12)21-15(9)18/h7-9,11H,1,4-5H2,2-3H3/t7-,8?,9?,11?/m1/s1. The van der Waals surface area contributed by atoms with E-state index in [4.69, 9.17) is 14.2 Å². The summed E-state index contributed by atoms with van der Waals surface area (Å²) < 4.78 is 15.2. The minimum Gasteiger partial charge on any atom is -0.450 e. The third-order valence-electron chi connectivity index (χ3n) is 4.43. The molecule has 2 fully saturated rings. The Morgan fingerprint density at radius 2 is 2.10 bits per heavy atom. The van der Waals surface area contributed by atoms with E-state index in [-0.39, 0.29) is 35.2 Å².